The number of hydrogen-bond acceptors (Lipinski definition) is 5. The lowest BCUT2D eigenvalue weighted by molar-refractivity contribution is -0.146. The van der Waals surface area contributed by atoms with Gasteiger partial charge >= 0.3 is 5.97 Å². The van der Waals surface area contributed by atoms with E-state index >= 15 is 0 Å². The molecule has 6 nitrogen and oxygen atoms in total. The van der Waals surface area contributed by atoms with Gasteiger partial charge < -0.3 is 19.9 Å². The summed E-state index contributed by atoms with van der Waals surface area (Å²) in [6.45, 7) is 3.76. The first-order chi connectivity index (χ1) is 11.3. The van der Waals surface area contributed by atoms with Crippen LogP contribution in [0.15, 0.2) is 18.2 Å². The van der Waals surface area contributed by atoms with Crippen LogP contribution in [-0.2, 0) is 16.0 Å². The van der Waals surface area contributed by atoms with E-state index in [0.29, 0.717) is 23.7 Å². The number of benzene rings is 1. The summed E-state index contributed by atoms with van der Waals surface area (Å²) >= 11 is 1.53. The molecule has 2 heterocycles. The molecule has 0 aromatic heterocycles. The highest BCUT2D eigenvalue weighted by atomic mass is 32.2. The lowest BCUT2D eigenvalue weighted by Crippen LogP contribution is -2.55. The predicted octanol–water partition coefficient (Wildman–Crippen LogP) is 1.86. The maximum Gasteiger partial charge on any atom is 0.330 e. The summed E-state index contributed by atoms with van der Waals surface area (Å²) < 4.78 is 11.5. The van der Waals surface area contributed by atoms with Crippen molar-refractivity contribution in [3.05, 3.63) is 23.8 Å². The number of rotatable bonds is 5. The molecule has 1 atom stereocenters. The number of amides is 1. The van der Waals surface area contributed by atoms with Crippen molar-refractivity contribution in [2.75, 3.05) is 18.1 Å². The van der Waals surface area contributed by atoms with Crippen molar-refractivity contribution in [2.24, 2.45) is 0 Å². The van der Waals surface area contributed by atoms with E-state index in [9.17, 15) is 14.7 Å². The molecule has 0 spiro atoms. The first kappa shape index (κ1) is 17.0. The monoisotopic (exact) mass is 351 g/mol. The lowest BCUT2D eigenvalue weighted by atomic mass is 9.99. The van der Waals surface area contributed by atoms with E-state index in [-0.39, 0.29) is 12.2 Å². The van der Waals surface area contributed by atoms with Gasteiger partial charge in [0.2, 0.25) is 0 Å². The third-order valence-electron chi connectivity index (χ3n) is 4.22. The average Bonchev–Trinajstić information content (AvgIpc) is 3.08. The number of nitrogens with one attached hydrogen (secondary N) is 1. The topological polar surface area (TPSA) is 84.9 Å². The number of carboxylic acid groups (broad SMARTS) is 1. The zero-order chi connectivity index (χ0) is 17.4. The summed E-state index contributed by atoms with van der Waals surface area (Å²) in [5.41, 5.74) is -0.423. The molecule has 130 valence electrons. The molecule has 0 bridgehead atoms. The van der Waals surface area contributed by atoms with Crippen LogP contribution in [0.4, 0.5) is 0 Å². The average molecular weight is 351 g/mol. The predicted molar refractivity (Wildman–Crippen MR) is 90.8 cm³/mol. The first-order valence-electron chi connectivity index (χ1n) is 7.87. The van der Waals surface area contributed by atoms with Gasteiger partial charge in [-0.2, -0.15) is 11.8 Å². The Kier molecular flexibility index (Phi) is 4.38. The van der Waals surface area contributed by atoms with Crippen molar-refractivity contribution >= 4 is 23.6 Å². The minimum atomic E-state index is -1.18. The highest BCUT2D eigenvalue weighted by Gasteiger charge is 2.43. The van der Waals surface area contributed by atoms with Crippen molar-refractivity contribution in [1.82, 2.24) is 5.32 Å². The SMILES string of the molecule is CC1(C)Cc2cccc(OCC(=O)NC3(C(=O)O)CCSC3)c2O1. The first-order valence-corrected chi connectivity index (χ1v) is 9.03. The maximum absolute atomic E-state index is 12.2. The molecule has 1 amide bonds. The molecule has 1 aromatic carbocycles. The van der Waals surface area contributed by atoms with Gasteiger partial charge in [-0.15, -0.1) is 0 Å². The van der Waals surface area contributed by atoms with Crippen LogP contribution < -0.4 is 14.8 Å². The van der Waals surface area contributed by atoms with Gasteiger partial charge in [0.1, 0.15) is 11.1 Å². The minimum absolute atomic E-state index is 0.236. The highest BCUT2D eigenvalue weighted by Crippen LogP contribution is 2.41. The third kappa shape index (κ3) is 3.31. The molecule has 1 fully saturated rings. The van der Waals surface area contributed by atoms with Crippen LogP contribution in [-0.4, -0.2) is 46.2 Å². The molecule has 1 saturated heterocycles. The fourth-order valence-electron chi connectivity index (χ4n) is 3.03. The van der Waals surface area contributed by atoms with Gasteiger partial charge in [0.15, 0.2) is 18.1 Å². The zero-order valence-electron chi connectivity index (χ0n) is 13.8. The van der Waals surface area contributed by atoms with Crippen LogP contribution in [0.1, 0.15) is 25.8 Å². The molecular weight excluding hydrogens is 330 g/mol. The number of ether oxygens (including phenoxy) is 2. The number of carbonyl (C=O) groups excluding carboxylic acids is 1. The normalized spacial score (nSPS) is 24.1. The number of hydrogen-bond donors (Lipinski definition) is 2. The van der Waals surface area contributed by atoms with Crippen molar-refractivity contribution in [2.45, 2.75) is 37.8 Å². The largest absolute Gasteiger partial charge is 0.483 e. The lowest BCUT2D eigenvalue weighted by Gasteiger charge is -2.24. The Morgan fingerprint density at radius 2 is 2.21 bits per heavy atom. The maximum atomic E-state index is 12.2. The Balaban J connectivity index is 1.64. The molecular formula is C17H21NO5S. The minimum Gasteiger partial charge on any atom is -0.483 e. The number of carboxylic acids is 1. The van der Waals surface area contributed by atoms with E-state index < -0.39 is 17.4 Å². The molecule has 0 saturated carbocycles. The second kappa shape index (κ2) is 6.20. The van der Waals surface area contributed by atoms with E-state index in [4.69, 9.17) is 9.47 Å². The highest BCUT2D eigenvalue weighted by molar-refractivity contribution is 7.99. The molecule has 0 aliphatic carbocycles. The molecule has 2 aliphatic heterocycles. The van der Waals surface area contributed by atoms with Gasteiger partial charge in [-0.25, -0.2) is 4.79 Å². The number of thioether (sulfide) groups is 1. The molecule has 0 radical (unpaired) electrons. The van der Waals surface area contributed by atoms with Crippen LogP contribution in [0.25, 0.3) is 0 Å². The summed E-state index contributed by atoms with van der Waals surface area (Å²) in [5, 5.41) is 12.0. The smallest absolute Gasteiger partial charge is 0.330 e. The van der Waals surface area contributed by atoms with E-state index in [1.807, 2.05) is 26.0 Å². The zero-order valence-corrected chi connectivity index (χ0v) is 14.6. The van der Waals surface area contributed by atoms with Crippen molar-refractivity contribution in [1.29, 1.82) is 0 Å². The van der Waals surface area contributed by atoms with Gasteiger partial charge in [-0.1, -0.05) is 12.1 Å². The van der Waals surface area contributed by atoms with Gasteiger partial charge in [0.05, 0.1) is 0 Å². The number of aliphatic carboxylic acids is 1. The van der Waals surface area contributed by atoms with Gasteiger partial charge in [-0.3, -0.25) is 4.79 Å². The summed E-state index contributed by atoms with van der Waals surface area (Å²) in [6, 6.07) is 5.60. The molecule has 7 heteroatoms. The fourth-order valence-corrected chi connectivity index (χ4v) is 4.36. The van der Waals surface area contributed by atoms with Gasteiger partial charge in [-0.05, 0) is 32.1 Å². The molecule has 3 rings (SSSR count). The Hall–Kier alpha value is -1.89. The Bertz CT molecular complexity index is 667. The van der Waals surface area contributed by atoms with E-state index in [2.05, 4.69) is 5.32 Å². The van der Waals surface area contributed by atoms with Crippen LogP contribution in [0.5, 0.6) is 11.5 Å². The Morgan fingerprint density at radius 3 is 2.88 bits per heavy atom. The second-order valence-electron chi connectivity index (χ2n) is 6.81. The quantitative estimate of drug-likeness (QED) is 0.842. The van der Waals surface area contributed by atoms with Crippen LogP contribution >= 0.6 is 11.8 Å². The van der Waals surface area contributed by atoms with Gasteiger partial charge in [0.25, 0.3) is 5.91 Å². The third-order valence-corrected chi connectivity index (χ3v) is 5.41. The molecule has 2 aliphatic rings. The second-order valence-corrected chi connectivity index (χ2v) is 7.91. The van der Waals surface area contributed by atoms with Crippen molar-refractivity contribution in [3.63, 3.8) is 0 Å². The number of fused-ring (bicyclic) bond motifs is 1. The molecule has 1 unspecified atom stereocenters. The Morgan fingerprint density at radius 1 is 1.42 bits per heavy atom. The summed E-state index contributed by atoms with van der Waals surface area (Å²) in [5.74, 6) is 0.855. The summed E-state index contributed by atoms with van der Waals surface area (Å²) in [4.78, 5) is 23.6. The Labute approximate surface area is 144 Å². The van der Waals surface area contributed by atoms with Crippen LogP contribution in [0.2, 0.25) is 0 Å². The molecule has 1 aromatic rings. The number of para-hydroxylation sites is 1. The van der Waals surface area contributed by atoms with E-state index in [0.717, 1.165) is 17.7 Å². The van der Waals surface area contributed by atoms with Crippen molar-refractivity contribution < 1.29 is 24.2 Å². The van der Waals surface area contributed by atoms with Crippen molar-refractivity contribution in [3.8, 4) is 11.5 Å². The number of carbonyl (C=O) groups is 2. The summed E-state index contributed by atoms with van der Waals surface area (Å²) in [7, 11) is 0. The molecule has 24 heavy (non-hydrogen) atoms. The van der Waals surface area contributed by atoms with Crippen LogP contribution in [0, 0.1) is 0 Å². The van der Waals surface area contributed by atoms with E-state index in [1.54, 1.807) is 6.07 Å². The summed E-state index contributed by atoms with van der Waals surface area (Å²) in [6.07, 6.45) is 1.21. The van der Waals surface area contributed by atoms with Crippen LogP contribution in [0.3, 0.4) is 0 Å². The molecule has 2 N–H and O–H groups in total. The standard InChI is InChI=1S/C17H21NO5S/c1-16(2)8-11-4-3-5-12(14(11)23-16)22-9-13(19)18-17(15(20)21)6-7-24-10-17/h3-5H,6-10H2,1-2H3,(H,18,19)(H,20,21). The fraction of sp³-hybridized carbons (Fsp3) is 0.529. The van der Waals surface area contributed by atoms with Gasteiger partial charge in [0, 0.05) is 17.7 Å². The van der Waals surface area contributed by atoms with E-state index in [1.165, 1.54) is 11.8 Å².